The first kappa shape index (κ1) is 15.5. The van der Waals surface area contributed by atoms with Gasteiger partial charge in [-0.25, -0.2) is 9.97 Å². The molecule has 0 fully saturated rings. The summed E-state index contributed by atoms with van der Waals surface area (Å²) in [5.74, 6) is 1.24. The number of carbonyl (C=O) groups excluding carboxylic acids is 1. The second-order valence-electron chi connectivity index (χ2n) is 4.98. The molecule has 112 valence electrons. The van der Waals surface area contributed by atoms with Gasteiger partial charge in [-0.2, -0.15) is 0 Å². The van der Waals surface area contributed by atoms with Gasteiger partial charge in [0, 0.05) is 12.5 Å². The first-order valence-corrected chi connectivity index (χ1v) is 7.24. The summed E-state index contributed by atoms with van der Waals surface area (Å²) in [5.41, 5.74) is 0.240. The number of furan rings is 1. The molecule has 5 nitrogen and oxygen atoms in total. The molecule has 2 rings (SSSR count). The van der Waals surface area contributed by atoms with Crippen molar-refractivity contribution in [2.45, 2.75) is 33.2 Å². The zero-order valence-electron chi connectivity index (χ0n) is 12.3. The highest BCUT2D eigenvalue weighted by molar-refractivity contribution is 6.33. The number of amides is 1. The molecule has 0 aliphatic rings. The van der Waals surface area contributed by atoms with Crippen molar-refractivity contribution < 1.29 is 9.21 Å². The van der Waals surface area contributed by atoms with Crippen LogP contribution in [0.15, 0.2) is 29.0 Å². The molecule has 0 aromatic carbocycles. The normalized spacial score (nSPS) is 10.9. The Balaban J connectivity index is 2.26. The molecule has 2 aromatic heterocycles. The first-order valence-electron chi connectivity index (χ1n) is 6.87. The van der Waals surface area contributed by atoms with E-state index in [2.05, 4.69) is 9.97 Å². The second kappa shape index (κ2) is 6.72. The van der Waals surface area contributed by atoms with Crippen LogP contribution in [0.3, 0.4) is 0 Å². The molecule has 6 heteroatoms. The third kappa shape index (κ3) is 3.61. The quantitative estimate of drug-likeness (QED) is 0.848. The van der Waals surface area contributed by atoms with Gasteiger partial charge in [0.15, 0.2) is 5.69 Å². The van der Waals surface area contributed by atoms with E-state index in [1.807, 2.05) is 26.8 Å². The third-order valence-corrected chi connectivity index (χ3v) is 3.35. The van der Waals surface area contributed by atoms with Crippen LogP contribution in [0.4, 0.5) is 0 Å². The van der Waals surface area contributed by atoms with Crippen molar-refractivity contribution >= 4 is 17.5 Å². The fourth-order valence-electron chi connectivity index (χ4n) is 1.88. The molecule has 0 saturated heterocycles. The highest BCUT2D eigenvalue weighted by Gasteiger charge is 2.21. The highest BCUT2D eigenvalue weighted by atomic mass is 35.5. The predicted octanol–water partition coefficient (Wildman–Crippen LogP) is 3.51. The number of rotatable bonds is 5. The average molecular weight is 308 g/mol. The summed E-state index contributed by atoms with van der Waals surface area (Å²) in [4.78, 5) is 22.7. The van der Waals surface area contributed by atoms with Crippen LogP contribution in [0.5, 0.6) is 0 Å². The van der Waals surface area contributed by atoms with E-state index >= 15 is 0 Å². The Morgan fingerprint density at radius 1 is 1.48 bits per heavy atom. The molecule has 1 amide bonds. The summed E-state index contributed by atoms with van der Waals surface area (Å²) in [6.07, 6.45) is 3.07. The first-order chi connectivity index (χ1) is 10.0. The molecular weight excluding hydrogens is 290 g/mol. The summed E-state index contributed by atoms with van der Waals surface area (Å²) in [7, 11) is 0. The molecule has 0 atom stereocenters. The Bertz CT molecular complexity index is 611. The summed E-state index contributed by atoms with van der Waals surface area (Å²) < 4.78 is 5.28. The topological polar surface area (TPSA) is 59.2 Å². The van der Waals surface area contributed by atoms with Gasteiger partial charge in [0.05, 0.1) is 24.0 Å². The molecule has 0 N–H and O–H groups in total. The summed E-state index contributed by atoms with van der Waals surface area (Å²) in [6.45, 7) is 6.77. The molecule has 0 radical (unpaired) electrons. The molecule has 2 heterocycles. The number of hydrogen-bond donors (Lipinski definition) is 0. The number of carbonyl (C=O) groups is 1. The Hall–Kier alpha value is -1.88. The monoisotopic (exact) mass is 307 g/mol. The van der Waals surface area contributed by atoms with Crippen LogP contribution in [0.1, 0.15) is 48.8 Å². The van der Waals surface area contributed by atoms with Crippen LogP contribution in [-0.2, 0) is 6.54 Å². The van der Waals surface area contributed by atoms with Gasteiger partial charge in [0.25, 0.3) is 5.91 Å². The van der Waals surface area contributed by atoms with Crippen LogP contribution in [0.2, 0.25) is 5.02 Å². The SMILES string of the molecule is CCN(Cc1ccco1)C(=O)c1nc(C(C)C)ncc1Cl. The maximum absolute atomic E-state index is 12.6. The van der Waals surface area contributed by atoms with Gasteiger partial charge in [0.1, 0.15) is 11.6 Å². The molecule has 21 heavy (non-hydrogen) atoms. The third-order valence-electron chi connectivity index (χ3n) is 3.08. The van der Waals surface area contributed by atoms with Crippen molar-refractivity contribution in [3.8, 4) is 0 Å². The number of nitrogens with zero attached hydrogens (tertiary/aromatic N) is 3. The van der Waals surface area contributed by atoms with Gasteiger partial charge < -0.3 is 9.32 Å². The number of halogens is 1. The summed E-state index contributed by atoms with van der Waals surface area (Å²) in [5, 5.41) is 0.266. The lowest BCUT2D eigenvalue weighted by molar-refractivity contribution is 0.0735. The van der Waals surface area contributed by atoms with Crippen LogP contribution < -0.4 is 0 Å². The van der Waals surface area contributed by atoms with Crippen molar-refractivity contribution in [3.05, 3.63) is 46.9 Å². The average Bonchev–Trinajstić information content (AvgIpc) is 2.97. The zero-order chi connectivity index (χ0) is 15.4. The number of hydrogen-bond acceptors (Lipinski definition) is 4. The van der Waals surface area contributed by atoms with E-state index < -0.39 is 0 Å². The molecule has 2 aromatic rings. The van der Waals surface area contributed by atoms with Crippen molar-refractivity contribution in [1.82, 2.24) is 14.9 Å². The lowest BCUT2D eigenvalue weighted by Gasteiger charge is -2.20. The van der Waals surface area contributed by atoms with Gasteiger partial charge in [-0.3, -0.25) is 4.79 Å². The highest BCUT2D eigenvalue weighted by Crippen LogP contribution is 2.19. The predicted molar refractivity (Wildman–Crippen MR) is 80.3 cm³/mol. The van der Waals surface area contributed by atoms with E-state index in [0.717, 1.165) is 5.76 Å². The molecule has 0 unspecified atom stereocenters. The van der Waals surface area contributed by atoms with Gasteiger partial charge >= 0.3 is 0 Å². The van der Waals surface area contributed by atoms with Gasteiger partial charge in [0.2, 0.25) is 0 Å². The van der Waals surface area contributed by atoms with E-state index in [0.29, 0.717) is 18.9 Å². The molecular formula is C15H18ClN3O2. The van der Waals surface area contributed by atoms with Crippen molar-refractivity contribution in [1.29, 1.82) is 0 Å². The largest absolute Gasteiger partial charge is 0.467 e. The van der Waals surface area contributed by atoms with Gasteiger partial charge in [-0.15, -0.1) is 0 Å². The van der Waals surface area contributed by atoms with Gasteiger partial charge in [-0.1, -0.05) is 25.4 Å². The van der Waals surface area contributed by atoms with Crippen molar-refractivity contribution in [2.24, 2.45) is 0 Å². The maximum Gasteiger partial charge on any atom is 0.274 e. The molecule has 0 aliphatic heterocycles. The summed E-state index contributed by atoms with van der Waals surface area (Å²) >= 11 is 6.08. The van der Waals surface area contributed by atoms with E-state index in [1.54, 1.807) is 17.2 Å². The fourth-order valence-corrected chi connectivity index (χ4v) is 2.05. The Morgan fingerprint density at radius 3 is 2.81 bits per heavy atom. The second-order valence-corrected chi connectivity index (χ2v) is 5.39. The Kier molecular flexibility index (Phi) is 4.96. The fraction of sp³-hybridized carbons (Fsp3) is 0.400. The molecule has 0 spiro atoms. The minimum absolute atomic E-state index is 0.133. The lowest BCUT2D eigenvalue weighted by Crippen LogP contribution is -2.31. The Morgan fingerprint density at radius 2 is 2.24 bits per heavy atom. The summed E-state index contributed by atoms with van der Waals surface area (Å²) in [6, 6.07) is 3.62. The van der Waals surface area contributed by atoms with E-state index in [9.17, 15) is 4.79 Å². The van der Waals surface area contributed by atoms with E-state index in [1.165, 1.54) is 6.20 Å². The van der Waals surface area contributed by atoms with E-state index in [-0.39, 0.29) is 22.5 Å². The maximum atomic E-state index is 12.6. The lowest BCUT2D eigenvalue weighted by atomic mass is 10.2. The molecule has 0 bridgehead atoms. The smallest absolute Gasteiger partial charge is 0.274 e. The van der Waals surface area contributed by atoms with E-state index in [4.69, 9.17) is 16.0 Å². The van der Waals surface area contributed by atoms with Crippen LogP contribution in [0, 0.1) is 0 Å². The van der Waals surface area contributed by atoms with Gasteiger partial charge in [-0.05, 0) is 19.1 Å². The van der Waals surface area contributed by atoms with Crippen LogP contribution in [0.25, 0.3) is 0 Å². The standard InChI is InChI=1S/C15H18ClN3O2/c1-4-19(9-11-6-5-7-21-11)15(20)13-12(16)8-17-14(18-13)10(2)3/h5-8,10H,4,9H2,1-3H3. The Labute approximate surface area is 129 Å². The molecule has 0 aliphatic carbocycles. The minimum Gasteiger partial charge on any atom is -0.467 e. The van der Waals surface area contributed by atoms with Crippen LogP contribution in [-0.4, -0.2) is 27.3 Å². The molecule has 0 saturated carbocycles. The zero-order valence-corrected chi connectivity index (χ0v) is 13.1. The van der Waals surface area contributed by atoms with Crippen LogP contribution >= 0.6 is 11.6 Å². The van der Waals surface area contributed by atoms with Crippen molar-refractivity contribution in [2.75, 3.05) is 6.54 Å². The number of aromatic nitrogens is 2. The van der Waals surface area contributed by atoms with Crippen molar-refractivity contribution in [3.63, 3.8) is 0 Å². The minimum atomic E-state index is -0.219.